The Hall–Kier alpha value is -1.17. The van der Waals surface area contributed by atoms with Gasteiger partial charge in [-0.2, -0.15) is 5.10 Å². The van der Waals surface area contributed by atoms with Crippen LogP contribution in [0.3, 0.4) is 0 Å². The van der Waals surface area contributed by atoms with E-state index < -0.39 is 0 Å². The highest BCUT2D eigenvalue weighted by molar-refractivity contribution is 9.10. The van der Waals surface area contributed by atoms with E-state index in [-0.39, 0.29) is 6.04 Å². The molecule has 0 amide bonds. The van der Waals surface area contributed by atoms with Crippen molar-refractivity contribution in [1.29, 1.82) is 0 Å². The SMILES string of the molecule is CCCn1ncc(Br)c1C(NN)c1ccc(CC)cc1. The highest BCUT2D eigenvalue weighted by Gasteiger charge is 2.20. The Labute approximate surface area is 128 Å². The quantitative estimate of drug-likeness (QED) is 0.629. The predicted molar refractivity (Wildman–Crippen MR) is 85.2 cm³/mol. The number of hydrogen-bond acceptors (Lipinski definition) is 3. The Balaban J connectivity index is 2.38. The summed E-state index contributed by atoms with van der Waals surface area (Å²) in [6, 6.07) is 8.48. The molecular formula is C15H21BrN4. The van der Waals surface area contributed by atoms with Crippen LogP contribution in [0.15, 0.2) is 34.9 Å². The Morgan fingerprint density at radius 2 is 2.00 bits per heavy atom. The van der Waals surface area contributed by atoms with E-state index in [0.29, 0.717) is 0 Å². The van der Waals surface area contributed by atoms with Gasteiger partial charge in [0.2, 0.25) is 0 Å². The third-order valence-electron chi connectivity index (χ3n) is 3.43. The Bertz CT molecular complexity index is 548. The Morgan fingerprint density at radius 1 is 1.30 bits per heavy atom. The normalized spacial score (nSPS) is 12.6. The molecule has 2 aromatic rings. The molecule has 2 rings (SSSR count). The summed E-state index contributed by atoms with van der Waals surface area (Å²) in [5.41, 5.74) is 6.44. The lowest BCUT2D eigenvalue weighted by Crippen LogP contribution is -2.31. The maximum atomic E-state index is 5.79. The van der Waals surface area contributed by atoms with E-state index in [0.717, 1.165) is 35.1 Å². The lowest BCUT2D eigenvalue weighted by atomic mass is 10.0. The maximum Gasteiger partial charge on any atom is 0.0889 e. The minimum absolute atomic E-state index is 0.0654. The molecule has 1 unspecified atom stereocenters. The molecule has 4 nitrogen and oxygen atoms in total. The van der Waals surface area contributed by atoms with E-state index in [1.165, 1.54) is 5.56 Å². The largest absolute Gasteiger partial charge is 0.271 e. The van der Waals surface area contributed by atoms with Gasteiger partial charge in [0.25, 0.3) is 0 Å². The standard InChI is InChI=1S/C15H21BrN4/c1-3-9-20-15(13(16)10-18-20)14(19-17)12-7-5-11(4-2)6-8-12/h5-8,10,14,19H,3-4,9,17H2,1-2H3. The van der Waals surface area contributed by atoms with E-state index >= 15 is 0 Å². The zero-order chi connectivity index (χ0) is 14.5. The lowest BCUT2D eigenvalue weighted by molar-refractivity contribution is 0.519. The number of aryl methyl sites for hydroxylation is 2. The number of aromatic nitrogens is 2. The molecule has 0 saturated carbocycles. The summed E-state index contributed by atoms with van der Waals surface area (Å²) < 4.78 is 2.98. The van der Waals surface area contributed by atoms with Crippen molar-refractivity contribution >= 4 is 15.9 Å². The summed E-state index contributed by atoms with van der Waals surface area (Å²) in [5, 5.41) is 4.41. The van der Waals surface area contributed by atoms with Gasteiger partial charge >= 0.3 is 0 Å². The fourth-order valence-electron chi connectivity index (χ4n) is 2.33. The van der Waals surface area contributed by atoms with Gasteiger partial charge in [-0.3, -0.25) is 10.5 Å². The number of nitrogens with two attached hydrogens (primary N) is 1. The number of rotatable bonds is 6. The van der Waals surface area contributed by atoms with E-state index in [4.69, 9.17) is 5.84 Å². The lowest BCUT2D eigenvalue weighted by Gasteiger charge is -2.19. The molecule has 5 heteroatoms. The van der Waals surface area contributed by atoms with Gasteiger partial charge in [0, 0.05) is 6.54 Å². The third-order valence-corrected chi connectivity index (χ3v) is 4.04. The minimum Gasteiger partial charge on any atom is -0.271 e. The van der Waals surface area contributed by atoms with Crippen molar-refractivity contribution < 1.29 is 0 Å². The molecular weight excluding hydrogens is 316 g/mol. The molecule has 0 spiro atoms. The van der Waals surface area contributed by atoms with Gasteiger partial charge in [-0.25, -0.2) is 5.43 Å². The minimum atomic E-state index is -0.0654. The molecule has 0 saturated heterocycles. The number of benzene rings is 1. The van der Waals surface area contributed by atoms with E-state index in [1.54, 1.807) is 0 Å². The second-order valence-electron chi connectivity index (χ2n) is 4.80. The molecule has 1 aromatic heterocycles. The van der Waals surface area contributed by atoms with Crippen LogP contribution in [0.5, 0.6) is 0 Å². The molecule has 1 atom stereocenters. The number of hydrogen-bond donors (Lipinski definition) is 2. The topological polar surface area (TPSA) is 55.9 Å². The third kappa shape index (κ3) is 3.11. The summed E-state index contributed by atoms with van der Waals surface area (Å²) in [6.45, 7) is 5.17. The molecule has 0 aliphatic rings. The van der Waals surface area contributed by atoms with E-state index in [1.807, 2.05) is 10.9 Å². The van der Waals surface area contributed by atoms with Crippen LogP contribution in [0.4, 0.5) is 0 Å². The number of halogens is 1. The monoisotopic (exact) mass is 336 g/mol. The molecule has 3 N–H and O–H groups in total. The van der Waals surface area contributed by atoms with Gasteiger partial charge < -0.3 is 0 Å². The van der Waals surface area contributed by atoms with Gasteiger partial charge in [-0.1, -0.05) is 38.1 Å². The van der Waals surface area contributed by atoms with Crippen LogP contribution in [0, 0.1) is 0 Å². The average Bonchev–Trinajstić information content (AvgIpc) is 2.83. The van der Waals surface area contributed by atoms with Gasteiger partial charge in [0.1, 0.15) is 0 Å². The molecule has 108 valence electrons. The van der Waals surface area contributed by atoms with Crippen molar-refractivity contribution in [3.05, 3.63) is 51.8 Å². The highest BCUT2D eigenvalue weighted by Crippen LogP contribution is 2.28. The summed E-state index contributed by atoms with van der Waals surface area (Å²) in [4.78, 5) is 0. The predicted octanol–water partition coefficient (Wildman–Crippen LogP) is 3.17. The van der Waals surface area contributed by atoms with E-state index in [9.17, 15) is 0 Å². The number of nitrogens with zero attached hydrogens (tertiary/aromatic N) is 2. The van der Waals surface area contributed by atoms with Crippen LogP contribution in [-0.2, 0) is 13.0 Å². The van der Waals surface area contributed by atoms with Gasteiger partial charge in [0.15, 0.2) is 0 Å². The molecule has 0 fully saturated rings. The fraction of sp³-hybridized carbons (Fsp3) is 0.400. The van der Waals surface area contributed by atoms with Crippen molar-refractivity contribution in [2.45, 2.75) is 39.3 Å². The molecule has 1 aromatic carbocycles. The smallest absolute Gasteiger partial charge is 0.0889 e. The van der Waals surface area contributed by atoms with Gasteiger partial charge in [0.05, 0.1) is 22.4 Å². The van der Waals surface area contributed by atoms with Crippen LogP contribution in [0.25, 0.3) is 0 Å². The molecule has 0 aliphatic carbocycles. The van der Waals surface area contributed by atoms with Crippen LogP contribution >= 0.6 is 15.9 Å². The first-order chi connectivity index (χ1) is 9.71. The number of nitrogens with one attached hydrogen (secondary N) is 1. The molecule has 0 bridgehead atoms. The van der Waals surface area contributed by atoms with Crippen LogP contribution in [-0.4, -0.2) is 9.78 Å². The molecule has 0 radical (unpaired) electrons. The molecule has 0 aliphatic heterocycles. The molecule has 1 heterocycles. The van der Waals surface area contributed by atoms with Crippen molar-refractivity contribution in [2.24, 2.45) is 5.84 Å². The second-order valence-corrected chi connectivity index (χ2v) is 5.65. The maximum absolute atomic E-state index is 5.79. The molecule has 20 heavy (non-hydrogen) atoms. The van der Waals surface area contributed by atoms with Crippen molar-refractivity contribution in [2.75, 3.05) is 0 Å². The van der Waals surface area contributed by atoms with Crippen LogP contribution in [0.2, 0.25) is 0 Å². The zero-order valence-electron chi connectivity index (χ0n) is 11.9. The first-order valence-corrected chi connectivity index (χ1v) is 7.76. The van der Waals surface area contributed by atoms with Crippen LogP contribution in [0.1, 0.15) is 43.1 Å². The van der Waals surface area contributed by atoms with Gasteiger partial charge in [-0.15, -0.1) is 0 Å². The zero-order valence-corrected chi connectivity index (χ0v) is 13.5. The van der Waals surface area contributed by atoms with E-state index in [2.05, 4.69) is 64.6 Å². The highest BCUT2D eigenvalue weighted by atomic mass is 79.9. The second kappa shape index (κ2) is 7.02. The van der Waals surface area contributed by atoms with Crippen molar-refractivity contribution in [3.8, 4) is 0 Å². The van der Waals surface area contributed by atoms with Crippen LogP contribution < -0.4 is 11.3 Å². The van der Waals surface area contributed by atoms with Gasteiger partial charge in [-0.05, 0) is 39.9 Å². The first-order valence-electron chi connectivity index (χ1n) is 6.97. The Morgan fingerprint density at radius 3 is 2.55 bits per heavy atom. The first kappa shape index (κ1) is 15.2. The average molecular weight is 337 g/mol. The summed E-state index contributed by atoms with van der Waals surface area (Å²) in [7, 11) is 0. The summed E-state index contributed by atoms with van der Waals surface area (Å²) in [6.07, 6.45) is 3.90. The number of hydrazine groups is 1. The summed E-state index contributed by atoms with van der Waals surface area (Å²) >= 11 is 3.58. The van der Waals surface area contributed by atoms with Crippen molar-refractivity contribution in [3.63, 3.8) is 0 Å². The van der Waals surface area contributed by atoms with Crippen molar-refractivity contribution in [1.82, 2.24) is 15.2 Å². The Kier molecular flexibility index (Phi) is 5.34. The summed E-state index contributed by atoms with van der Waals surface area (Å²) in [5.74, 6) is 5.79. The fourth-order valence-corrected chi connectivity index (χ4v) is 2.85.